The third kappa shape index (κ3) is 0.455. The summed E-state index contributed by atoms with van der Waals surface area (Å²) in [5, 5.41) is 0. The molecule has 0 heterocycles. The summed E-state index contributed by atoms with van der Waals surface area (Å²) >= 11 is 0. The van der Waals surface area contributed by atoms with Crippen LogP contribution in [0, 0.1) is 12.1 Å². The molecule has 0 aromatic heterocycles. The topological polar surface area (TPSA) is 0 Å². The summed E-state index contributed by atoms with van der Waals surface area (Å²) in [5.41, 5.74) is -1.58. The van der Waals surface area contributed by atoms with Crippen molar-refractivity contribution in [2.75, 3.05) is 0 Å². The van der Waals surface area contributed by atoms with Crippen molar-refractivity contribution >= 4 is 0 Å². The molecule has 0 aliphatic heterocycles. The molecule has 1 aliphatic rings. The summed E-state index contributed by atoms with van der Waals surface area (Å²) in [5.74, 6) is -0.451. The van der Waals surface area contributed by atoms with Crippen molar-refractivity contribution in [1.82, 2.24) is 0 Å². The van der Waals surface area contributed by atoms with E-state index < -0.39 is 17.8 Å². The van der Waals surface area contributed by atoms with Crippen LogP contribution in [0.1, 0.15) is 13.8 Å². The van der Waals surface area contributed by atoms with Crippen molar-refractivity contribution in [1.29, 1.82) is 0 Å². The third-order valence-electron chi connectivity index (χ3n) is 1.58. The zero-order valence-electron chi connectivity index (χ0n) is 4.33. The Morgan fingerprint density at radius 2 is 1.86 bits per heavy atom. The molecule has 7 heavy (non-hydrogen) atoms. The second-order valence-corrected chi connectivity index (χ2v) is 2.15. The molecule has 41 valence electrons. The largest absolute Gasteiger partial charge is 0.240 e. The minimum atomic E-state index is -1.58. The van der Waals surface area contributed by atoms with E-state index in [0.29, 0.717) is 0 Å². The monoisotopic (exact) mass is 105 g/mol. The van der Waals surface area contributed by atoms with Gasteiger partial charge in [-0.25, -0.2) is 8.78 Å². The molecule has 0 bridgehead atoms. The van der Waals surface area contributed by atoms with Gasteiger partial charge < -0.3 is 0 Å². The van der Waals surface area contributed by atoms with Gasteiger partial charge in [-0.05, 0) is 6.92 Å². The molecule has 1 fully saturated rings. The van der Waals surface area contributed by atoms with E-state index in [9.17, 15) is 8.78 Å². The van der Waals surface area contributed by atoms with Gasteiger partial charge in [0.2, 0.25) is 0 Å². The van der Waals surface area contributed by atoms with Crippen LogP contribution in [0.2, 0.25) is 0 Å². The van der Waals surface area contributed by atoms with Gasteiger partial charge in [0.05, 0.1) is 0 Å². The maximum atomic E-state index is 12.2. The highest BCUT2D eigenvalue weighted by atomic mass is 19.2. The van der Waals surface area contributed by atoms with Gasteiger partial charge in [-0.2, -0.15) is 0 Å². The molecular formula is C5H7F2. The van der Waals surface area contributed by atoms with Gasteiger partial charge in [0, 0.05) is 5.92 Å². The predicted octanol–water partition coefficient (Wildman–Crippen LogP) is 1.87. The summed E-state index contributed by atoms with van der Waals surface area (Å²) < 4.78 is 24.0. The summed E-state index contributed by atoms with van der Waals surface area (Å²) in [4.78, 5) is 0. The lowest BCUT2D eigenvalue weighted by molar-refractivity contribution is 0.300. The Morgan fingerprint density at radius 1 is 1.71 bits per heavy atom. The molecule has 0 amide bonds. The van der Waals surface area contributed by atoms with Crippen molar-refractivity contribution in [2.45, 2.75) is 19.5 Å². The summed E-state index contributed by atoms with van der Waals surface area (Å²) in [6.45, 7) is 2.79. The van der Waals surface area contributed by atoms with Gasteiger partial charge in [-0.3, -0.25) is 0 Å². The highest BCUT2D eigenvalue weighted by Gasteiger charge is 2.62. The fourth-order valence-corrected chi connectivity index (χ4v) is 0.539. The number of rotatable bonds is 0. The molecule has 1 rings (SSSR count). The molecule has 2 unspecified atom stereocenters. The number of halogens is 2. The van der Waals surface area contributed by atoms with Crippen molar-refractivity contribution < 1.29 is 8.78 Å². The molecule has 1 radical (unpaired) electrons. The summed E-state index contributed by atoms with van der Waals surface area (Å²) in [7, 11) is 0. The van der Waals surface area contributed by atoms with Crippen LogP contribution in [0.4, 0.5) is 8.78 Å². The van der Waals surface area contributed by atoms with E-state index in [1.165, 1.54) is 13.8 Å². The Bertz CT molecular complexity index is 78.1. The molecule has 0 nitrogen and oxygen atoms in total. The highest BCUT2D eigenvalue weighted by molar-refractivity contribution is 5.24. The first-order valence-electron chi connectivity index (χ1n) is 2.28. The second kappa shape index (κ2) is 0.984. The van der Waals surface area contributed by atoms with Crippen LogP contribution in [0.3, 0.4) is 0 Å². The van der Waals surface area contributed by atoms with Crippen LogP contribution in [0.15, 0.2) is 0 Å². The Labute approximate surface area is 41.5 Å². The highest BCUT2D eigenvalue weighted by Crippen LogP contribution is 2.55. The molecule has 0 aromatic rings. The number of hydrogen-bond acceptors (Lipinski definition) is 0. The molecule has 0 spiro atoms. The molecule has 2 atom stereocenters. The van der Waals surface area contributed by atoms with Gasteiger partial charge in [0.1, 0.15) is 0 Å². The van der Waals surface area contributed by atoms with Crippen LogP contribution < -0.4 is 0 Å². The zero-order valence-corrected chi connectivity index (χ0v) is 4.33. The third-order valence-corrected chi connectivity index (χ3v) is 1.58. The van der Waals surface area contributed by atoms with Gasteiger partial charge in [-0.1, -0.05) is 6.92 Å². The minimum Gasteiger partial charge on any atom is -0.240 e. The fraction of sp³-hybridized carbons (Fsp3) is 0.800. The SMILES string of the molecule is CC1[C](F)C1(C)F. The molecular weight excluding hydrogens is 98.1 g/mol. The van der Waals surface area contributed by atoms with E-state index in [2.05, 4.69) is 0 Å². The van der Waals surface area contributed by atoms with Crippen molar-refractivity contribution in [3.05, 3.63) is 6.17 Å². The first-order chi connectivity index (χ1) is 3.07. The summed E-state index contributed by atoms with van der Waals surface area (Å²) in [6, 6.07) is 0. The fourth-order valence-electron chi connectivity index (χ4n) is 0.539. The Balaban J connectivity index is 2.52. The van der Waals surface area contributed by atoms with Crippen LogP contribution in [-0.2, 0) is 0 Å². The predicted molar refractivity (Wildman–Crippen MR) is 23.0 cm³/mol. The average Bonchev–Trinajstić information content (AvgIpc) is 1.91. The lowest BCUT2D eigenvalue weighted by atomic mass is 10.3. The maximum Gasteiger partial charge on any atom is 0.187 e. The quantitative estimate of drug-likeness (QED) is 0.441. The lowest BCUT2D eigenvalue weighted by Crippen LogP contribution is -1.92. The standard InChI is InChI=1S/C5H7F2/c1-3-4(6)5(3,2)7/h3H,1-2H3. The maximum absolute atomic E-state index is 12.2. The zero-order chi connectivity index (χ0) is 5.65. The molecule has 1 saturated carbocycles. The van der Waals surface area contributed by atoms with E-state index >= 15 is 0 Å². The number of alkyl halides is 1. The number of hydrogen-bond donors (Lipinski definition) is 0. The van der Waals surface area contributed by atoms with Crippen LogP contribution in [-0.4, -0.2) is 5.67 Å². The smallest absolute Gasteiger partial charge is 0.187 e. The lowest BCUT2D eigenvalue weighted by Gasteiger charge is -1.86. The molecule has 0 N–H and O–H groups in total. The molecule has 2 heteroatoms. The van der Waals surface area contributed by atoms with Crippen molar-refractivity contribution in [2.24, 2.45) is 5.92 Å². The van der Waals surface area contributed by atoms with Crippen LogP contribution >= 0.6 is 0 Å². The second-order valence-electron chi connectivity index (χ2n) is 2.15. The first kappa shape index (κ1) is 5.01. The average molecular weight is 105 g/mol. The van der Waals surface area contributed by atoms with Gasteiger partial charge in [-0.15, -0.1) is 0 Å². The van der Waals surface area contributed by atoms with E-state index in [0.717, 1.165) is 0 Å². The summed E-state index contributed by atoms with van der Waals surface area (Å²) in [6.07, 6.45) is -0.507. The molecule has 0 saturated heterocycles. The van der Waals surface area contributed by atoms with Crippen LogP contribution in [0.5, 0.6) is 0 Å². The van der Waals surface area contributed by atoms with E-state index in [1.807, 2.05) is 0 Å². The van der Waals surface area contributed by atoms with Gasteiger partial charge >= 0.3 is 0 Å². The van der Waals surface area contributed by atoms with Gasteiger partial charge in [0.25, 0.3) is 0 Å². The van der Waals surface area contributed by atoms with Gasteiger partial charge in [0.15, 0.2) is 11.8 Å². The minimum absolute atomic E-state index is 0.451. The van der Waals surface area contributed by atoms with Crippen LogP contribution in [0.25, 0.3) is 0 Å². The Kier molecular flexibility index (Phi) is 0.704. The normalized spacial score (nSPS) is 52.3. The van der Waals surface area contributed by atoms with E-state index in [-0.39, 0.29) is 0 Å². The molecule has 1 aliphatic carbocycles. The van der Waals surface area contributed by atoms with E-state index in [1.54, 1.807) is 0 Å². The first-order valence-corrected chi connectivity index (χ1v) is 2.28. The van der Waals surface area contributed by atoms with Crippen molar-refractivity contribution in [3.63, 3.8) is 0 Å². The van der Waals surface area contributed by atoms with Crippen molar-refractivity contribution in [3.8, 4) is 0 Å². The Hall–Kier alpha value is -0.140. The Morgan fingerprint density at radius 3 is 1.86 bits per heavy atom. The molecule has 0 aromatic carbocycles. The van der Waals surface area contributed by atoms with E-state index in [4.69, 9.17) is 0 Å².